The second-order valence-electron chi connectivity index (χ2n) is 6.90. The molecule has 0 spiro atoms. The molecule has 2 heterocycles. The fourth-order valence-electron chi connectivity index (χ4n) is 3.35. The van der Waals surface area contributed by atoms with Crippen LogP contribution in [0, 0.1) is 0 Å². The van der Waals surface area contributed by atoms with Crippen LogP contribution in [0.2, 0.25) is 5.02 Å². The lowest BCUT2D eigenvalue weighted by Crippen LogP contribution is -2.63. The van der Waals surface area contributed by atoms with Crippen LogP contribution in [-0.4, -0.2) is 44.2 Å². The maximum atomic E-state index is 12.1. The molecule has 1 saturated heterocycles. The Labute approximate surface area is 183 Å². The fraction of sp³-hybridized carbons (Fsp3) is 0.273. The summed E-state index contributed by atoms with van der Waals surface area (Å²) in [5.41, 5.74) is 0.785. The normalized spacial score (nSPS) is 24.1. The Bertz CT molecular complexity index is 1010. The Balaban J connectivity index is 1.55. The first-order valence-electron chi connectivity index (χ1n) is 9.57. The number of fused-ring (bicyclic) bond motifs is 1. The smallest absolute Gasteiger partial charge is 0.333 e. The van der Waals surface area contributed by atoms with Crippen molar-refractivity contribution >= 4 is 23.5 Å². The Kier molecular flexibility index (Phi) is 6.13. The second-order valence-corrected chi connectivity index (χ2v) is 7.34. The minimum atomic E-state index is -1.48. The Morgan fingerprint density at radius 1 is 1.10 bits per heavy atom. The third-order valence-corrected chi connectivity index (χ3v) is 5.00. The number of carbonyl (C=O) groups is 2. The number of halogens is 1. The van der Waals surface area contributed by atoms with E-state index in [1.54, 1.807) is 49.6 Å². The van der Waals surface area contributed by atoms with Gasteiger partial charge in [0.25, 0.3) is 5.79 Å². The zero-order chi connectivity index (χ0) is 21.8. The van der Waals surface area contributed by atoms with E-state index in [4.69, 9.17) is 35.3 Å². The molecule has 1 fully saturated rings. The number of nitrogens with one attached hydrogen (secondary N) is 1. The maximum absolute atomic E-state index is 12.1. The first kappa shape index (κ1) is 21.2. The van der Waals surface area contributed by atoms with Gasteiger partial charge in [-0.1, -0.05) is 23.7 Å². The van der Waals surface area contributed by atoms with Gasteiger partial charge in [-0.15, -0.1) is 0 Å². The number of methoxy groups -OCH3 is 1. The van der Waals surface area contributed by atoms with Gasteiger partial charge in [0.2, 0.25) is 6.23 Å². The molecule has 31 heavy (non-hydrogen) atoms. The number of hydrogen-bond acceptors (Lipinski definition) is 8. The monoisotopic (exact) mass is 445 g/mol. The Hall–Kier alpha value is -3.07. The average Bonchev–Trinajstić information content (AvgIpc) is 2.75. The summed E-state index contributed by atoms with van der Waals surface area (Å²) in [5.74, 6) is -1.22. The quantitative estimate of drug-likeness (QED) is 0.702. The van der Waals surface area contributed by atoms with E-state index in [0.29, 0.717) is 35.4 Å². The number of rotatable bonds is 5. The van der Waals surface area contributed by atoms with Crippen LogP contribution in [-0.2, 0) is 30.2 Å². The van der Waals surface area contributed by atoms with Gasteiger partial charge >= 0.3 is 11.9 Å². The molecule has 0 aromatic heterocycles. The molecule has 1 N–H and O–H groups in total. The molecule has 2 atom stereocenters. The highest BCUT2D eigenvalue weighted by Gasteiger charge is 2.49. The summed E-state index contributed by atoms with van der Waals surface area (Å²) in [4.78, 5) is 24.0. The minimum absolute atomic E-state index is 0.165. The van der Waals surface area contributed by atoms with E-state index in [9.17, 15) is 9.59 Å². The lowest BCUT2D eigenvalue weighted by Gasteiger charge is -2.42. The van der Waals surface area contributed by atoms with Gasteiger partial charge in [0.1, 0.15) is 5.75 Å². The van der Waals surface area contributed by atoms with Gasteiger partial charge in [0.05, 0.1) is 13.7 Å². The molecule has 1 unspecified atom stereocenters. The van der Waals surface area contributed by atoms with Crippen molar-refractivity contribution in [2.24, 2.45) is 0 Å². The molecule has 4 rings (SSSR count). The predicted molar refractivity (Wildman–Crippen MR) is 110 cm³/mol. The number of benzene rings is 2. The second kappa shape index (κ2) is 8.97. The fourth-order valence-corrected chi connectivity index (χ4v) is 3.51. The van der Waals surface area contributed by atoms with Gasteiger partial charge in [-0.2, -0.15) is 0 Å². The van der Waals surface area contributed by atoms with Gasteiger partial charge in [0, 0.05) is 36.2 Å². The average molecular weight is 446 g/mol. The minimum Gasteiger partial charge on any atom is -0.493 e. The third-order valence-electron chi connectivity index (χ3n) is 4.77. The Morgan fingerprint density at radius 3 is 2.65 bits per heavy atom. The highest BCUT2D eigenvalue weighted by atomic mass is 35.5. The molecule has 0 bridgehead atoms. The zero-order valence-electron chi connectivity index (χ0n) is 16.6. The molecular weight excluding hydrogens is 426 g/mol. The van der Waals surface area contributed by atoms with Crippen LogP contribution in [0.5, 0.6) is 17.2 Å². The number of esters is 2. The molecule has 2 aliphatic heterocycles. The van der Waals surface area contributed by atoms with Crippen molar-refractivity contribution in [3.8, 4) is 17.2 Å². The van der Waals surface area contributed by atoms with Crippen molar-refractivity contribution in [3.63, 3.8) is 0 Å². The molecular formula is C22H20ClNO7. The molecule has 0 saturated carbocycles. The van der Waals surface area contributed by atoms with Crippen LogP contribution in [0.15, 0.2) is 54.6 Å². The van der Waals surface area contributed by atoms with Crippen molar-refractivity contribution in [1.82, 2.24) is 5.32 Å². The summed E-state index contributed by atoms with van der Waals surface area (Å²) >= 11 is 6.05. The molecule has 9 heteroatoms. The molecule has 2 aromatic rings. The molecule has 2 aromatic carbocycles. The summed E-state index contributed by atoms with van der Waals surface area (Å²) in [6, 6.07) is 12.2. The van der Waals surface area contributed by atoms with E-state index in [1.165, 1.54) is 0 Å². The van der Waals surface area contributed by atoms with E-state index in [1.807, 2.05) is 0 Å². The van der Waals surface area contributed by atoms with Gasteiger partial charge in [-0.3, -0.25) is 5.32 Å². The molecule has 2 aliphatic rings. The largest absolute Gasteiger partial charge is 0.493 e. The van der Waals surface area contributed by atoms with Crippen molar-refractivity contribution in [2.45, 2.75) is 18.4 Å². The Morgan fingerprint density at radius 2 is 1.87 bits per heavy atom. The van der Waals surface area contributed by atoms with Crippen LogP contribution < -0.4 is 14.8 Å². The molecule has 0 radical (unpaired) electrons. The van der Waals surface area contributed by atoms with Gasteiger partial charge in [-0.05, 0) is 29.8 Å². The highest BCUT2D eigenvalue weighted by Crippen LogP contribution is 2.35. The standard InChI is InChI=1S/C22H20ClNO7/c1-27-17-7-4-15(23)12-18(17)29-16-5-2-14(3-6-16)13-22-21(24-10-11-28-22)30-19(25)8-9-20(26)31-22/h2-9,12,21,24H,10-11,13H2,1H3/b9-8+/t21?,22-/m0/s1. The topological polar surface area (TPSA) is 92.3 Å². The summed E-state index contributed by atoms with van der Waals surface area (Å²) in [7, 11) is 1.55. The first-order valence-corrected chi connectivity index (χ1v) is 9.94. The van der Waals surface area contributed by atoms with Crippen LogP contribution >= 0.6 is 11.6 Å². The van der Waals surface area contributed by atoms with Crippen molar-refractivity contribution in [2.75, 3.05) is 20.3 Å². The predicted octanol–water partition coefficient (Wildman–Crippen LogP) is 2.98. The summed E-state index contributed by atoms with van der Waals surface area (Å²) in [5, 5.41) is 3.56. The van der Waals surface area contributed by atoms with Gasteiger partial charge < -0.3 is 23.7 Å². The van der Waals surface area contributed by atoms with Crippen LogP contribution in [0.3, 0.4) is 0 Å². The SMILES string of the molecule is COc1ccc(Cl)cc1Oc1ccc(C[C@@]23OCCNC2OC(=O)/C=C/C(=O)O3)cc1. The molecule has 162 valence electrons. The van der Waals surface area contributed by atoms with Crippen molar-refractivity contribution in [1.29, 1.82) is 0 Å². The number of ether oxygens (including phenoxy) is 5. The van der Waals surface area contributed by atoms with Crippen LogP contribution in [0.25, 0.3) is 0 Å². The van der Waals surface area contributed by atoms with Crippen molar-refractivity contribution < 1.29 is 33.3 Å². The lowest BCUT2D eigenvalue weighted by atomic mass is 10.0. The zero-order valence-corrected chi connectivity index (χ0v) is 17.4. The van der Waals surface area contributed by atoms with Gasteiger partial charge in [0.15, 0.2) is 11.5 Å². The maximum Gasteiger partial charge on any atom is 0.333 e. The highest BCUT2D eigenvalue weighted by molar-refractivity contribution is 6.30. The molecule has 8 nitrogen and oxygen atoms in total. The van der Waals surface area contributed by atoms with Crippen LogP contribution in [0.1, 0.15) is 5.56 Å². The van der Waals surface area contributed by atoms with Crippen molar-refractivity contribution in [3.05, 3.63) is 65.2 Å². The number of carbonyl (C=O) groups excluding carboxylic acids is 2. The lowest BCUT2D eigenvalue weighted by molar-refractivity contribution is -0.292. The summed E-state index contributed by atoms with van der Waals surface area (Å²) in [6.45, 7) is 0.746. The molecule has 0 aliphatic carbocycles. The summed E-state index contributed by atoms with van der Waals surface area (Å²) < 4.78 is 27.9. The van der Waals surface area contributed by atoms with E-state index < -0.39 is 24.0 Å². The van der Waals surface area contributed by atoms with E-state index in [0.717, 1.165) is 17.7 Å². The van der Waals surface area contributed by atoms with Gasteiger partial charge in [-0.25, -0.2) is 9.59 Å². The first-order chi connectivity index (χ1) is 15.0. The van der Waals surface area contributed by atoms with E-state index in [-0.39, 0.29) is 6.42 Å². The van der Waals surface area contributed by atoms with E-state index in [2.05, 4.69) is 5.32 Å². The number of morpholine rings is 1. The summed E-state index contributed by atoms with van der Waals surface area (Å²) in [6.07, 6.45) is 1.28. The van der Waals surface area contributed by atoms with Crippen LogP contribution in [0.4, 0.5) is 0 Å². The molecule has 0 amide bonds. The third kappa shape index (κ3) is 4.82. The van der Waals surface area contributed by atoms with E-state index >= 15 is 0 Å². The number of hydrogen-bond donors (Lipinski definition) is 1.